The first kappa shape index (κ1) is 17.8. The molecule has 3 aromatic rings. The molecular weight excluding hydrogens is 354 g/mol. The van der Waals surface area contributed by atoms with Gasteiger partial charge in [-0.2, -0.15) is 10.1 Å². The molecule has 0 saturated carbocycles. The number of hydrogen-bond acceptors (Lipinski definition) is 5. The zero-order valence-electron chi connectivity index (χ0n) is 15.9. The van der Waals surface area contributed by atoms with Gasteiger partial charge < -0.3 is 15.4 Å². The zero-order chi connectivity index (χ0) is 19.7. The minimum Gasteiger partial charge on any atom is -0.495 e. The van der Waals surface area contributed by atoms with E-state index in [0.29, 0.717) is 23.0 Å². The largest absolute Gasteiger partial charge is 0.495 e. The number of hydrogen-bond donors (Lipinski definition) is 2. The second-order valence-corrected chi connectivity index (χ2v) is 6.61. The Labute approximate surface area is 163 Å². The van der Waals surface area contributed by atoms with Gasteiger partial charge in [0.05, 0.1) is 18.4 Å². The molecule has 0 fully saturated rings. The summed E-state index contributed by atoms with van der Waals surface area (Å²) in [6.45, 7) is 3.90. The second kappa shape index (κ2) is 7.19. The van der Waals surface area contributed by atoms with Gasteiger partial charge in [0, 0.05) is 5.70 Å². The molecule has 0 saturated heterocycles. The summed E-state index contributed by atoms with van der Waals surface area (Å²) in [7, 11) is 1.58. The van der Waals surface area contributed by atoms with Crippen LogP contribution in [0.2, 0.25) is 0 Å². The molecule has 1 aromatic heterocycles. The van der Waals surface area contributed by atoms with E-state index in [2.05, 4.69) is 20.7 Å². The lowest BCUT2D eigenvalue weighted by molar-refractivity contribution is -0.113. The highest BCUT2D eigenvalue weighted by atomic mass is 16.5. The van der Waals surface area contributed by atoms with Crippen LogP contribution in [0, 0.1) is 6.92 Å². The van der Waals surface area contributed by atoms with E-state index in [1.54, 1.807) is 11.8 Å². The van der Waals surface area contributed by atoms with E-state index in [9.17, 15) is 4.79 Å². The Hall–Kier alpha value is -3.61. The molecular formula is C21H21N5O2. The minimum atomic E-state index is -0.380. The fraction of sp³-hybridized carbons (Fsp3) is 0.190. The van der Waals surface area contributed by atoms with Gasteiger partial charge in [0.2, 0.25) is 5.95 Å². The first-order valence-corrected chi connectivity index (χ1v) is 8.97. The van der Waals surface area contributed by atoms with Crippen LogP contribution < -0.4 is 15.4 Å². The number of carbonyl (C=O) groups is 1. The van der Waals surface area contributed by atoms with Crippen molar-refractivity contribution in [1.82, 2.24) is 14.8 Å². The maximum absolute atomic E-state index is 13.3. The van der Waals surface area contributed by atoms with Gasteiger partial charge in [-0.15, -0.1) is 0 Å². The van der Waals surface area contributed by atoms with Crippen molar-refractivity contribution in [2.45, 2.75) is 19.9 Å². The van der Waals surface area contributed by atoms with E-state index in [1.165, 1.54) is 6.33 Å². The molecule has 28 heavy (non-hydrogen) atoms. The van der Waals surface area contributed by atoms with Crippen LogP contribution in [0.25, 0.3) is 0 Å². The molecule has 2 heterocycles. The van der Waals surface area contributed by atoms with E-state index in [1.807, 2.05) is 62.4 Å². The number of rotatable bonds is 4. The predicted molar refractivity (Wildman–Crippen MR) is 107 cm³/mol. The molecule has 1 aliphatic heterocycles. The predicted octanol–water partition coefficient (Wildman–Crippen LogP) is 3.52. The van der Waals surface area contributed by atoms with E-state index >= 15 is 0 Å². The molecule has 142 valence electrons. The topological polar surface area (TPSA) is 81.1 Å². The number of amides is 1. The van der Waals surface area contributed by atoms with E-state index in [4.69, 9.17) is 4.74 Å². The Morgan fingerprint density at radius 3 is 2.68 bits per heavy atom. The number of anilines is 2. The van der Waals surface area contributed by atoms with Crippen molar-refractivity contribution in [3.05, 3.63) is 77.3 Å². The van der Waals surface area contributed by atoms with Crippen LogP contribution in [0.15, 0.2) is 66.1 Å². The van der Waals surface area contributed by atoms with Crippen molar-refractivity contribution >= 4 is 17.5 Å². The number of nitrogens with one attached hydrogen (secondary N) is 2. The lowest BCUT2D eigenvalue weighted by Gasteiger charge is -2.29. The standard InChI is InChI=1S/C21H21N5O2/c1-13-8-4-5-9-15(13)19-18(14(2)24-21-22-12-23-26(19)21)20(27)25-16-10-6-7-11-17(16)28-3/h4-12,19H,1-3H3,(H,25,27)(H,22,23,24)/t19-/m0/s1. The first-order chi connectivity index (χ1) is 13.6. The number of fused-ring (bicyclic) bond motifs is 1. The van der Waals surface area contributed by atoms with Crippen LogP contribution >= 0.6 is 0 Å². The summed E-state index contributed by atoms with van der Waals surface area (Å²) >= 11 is 0. The SMILES string of the molecule is COc1ccccc1NC(=O)C1=C(C)Nc2ncnn2[C@H]1c1ccccc1C. The van der Waals surface area contributed by atoms with Crippen LogP contribution in [-0.4, -0.2) is 27.8 Å². The van der Waals surface area contributed by atoms with Crippen LogP contribution in [0.1, 0.15) is 24.1 Å². The molecule has 0 aliphatic carbocycles. The fourth-order valence-electron chi connectivity index (χ4n) is 3.50. The van der Waals surface area contributed by atoms with E-state index in [-0.39, 0.29) is 11.9 Å². The quantitative estimate of drug-likeness (QED) is 0.729. The van der Waals surface area contributed by atoms with Crippen LogP contribution in [0.5, 0.6) is 5.75 Å². The Morgan fingerprint density at radius 2 is 1.89 bits per heavy atom. The number of benzene rings is 2. The number of para-hydroxylation sites is 2. The van der Waals surface area contributed by atoms with Gasteiger partial charge in [-0.25, -0.2) is 4.68 Å². The molecule has 0 bridgehead atoms. The summed E-state index contributed by atoms with van der Waals surface area (Å²) in [5.74, 6) is 0.996. The maximum atomic E-state index is 13.3. The molecule has 2 aromatic carbocycles. The van der Waals surface area contributed by atoms with Crippen molar-refractivity contribution in [3.8, 4) is 5.75 Å². The number of nitrogens with zero attached hydrogens (tertiary/aromatic N) is 3. The molecule has 1 aliphatic rings. The molecule has 1 atom stereocenters. The lowest BCUT2D eigenvalue weighted by Crippen LogP contribution is -2.32. The maximum Gasteiger partial charge on any atom is 0.255 e. The Balaban J connectivity index is 1.79. The molecule has 7 heteroatoms. The van der Waals surface area contributed by atoms with Crippen molar-refractivity contribution in [2.24, 2.45) is 0 Å². The van der Waals surface area contributed by atoms with Crippen LogP contribution in [0.3, 0.4) is 0 Å². The van der Waals surface area contributed by atoms with Crippen LogP contribution in [0.4, 0.5) is 11.6 Å². The normalized spacial score (nSPS) is 15.6. The van der Waals surface area contributed by atoms with Gasteiger partial charge in [-0.3, -0.25) is 4.79 Å². The molecule has 2 N–H and O–H groups in total. The first-order valence-electron chi connectivity index (χ1n) is 8.97. The highest BCUT2D eigenvalue weighted by molar-refractivity contribution is 6.06. The minimum absolute atomic E-state index is 0.219. The van der Waals surface area contributed by atoms with Gasteiger partial charge in [0.1, 0.15) is 18.1 Å². The van der Waals surface area contributed by atoms with Crippen molar-refractivity contribution < 1.29 is 9.53 Å². The number of carbonyl (C=O) groups excluding carboxylic acids is 1. The lowest BCUT2D eigenvalue weighted by atomic mass is 9.92. The van der Waals surface area contributed by atoms with Crippen LogP contribution in [-0.2, 0) is 4.79 Å². The third-order valence-corrected chi connectivity index (χ3v) is 4.88. The van der Waals surface area contributed by atoms with Gasteiger partial charge in [-0.05, 0) is 37.1 Å². The third-order valence-electron chi connectivity index (χ3n) is 4.88. The summed E-state index contributed by atoms with van der Waals surface area (Å²) in [5, 5.41) is 10.5. The molecule has 7 nitrogen and oxygen atoms in total. The number of aryl methyl sites for hydroxylation is 1. The Kier molecular flexibility index (Phi) is 4.57. The Morgan fingerprint density at radius 1 is 1.14 bits per heavy atom. The number of allylic oxidation sites excluding steroid dienone is 1. The molecule has 0 spiro atoms. The average molecular weight is 375 g/mol. The van der Waals surface area contributed by atoms with Gasteiger partial charge in [0.15, 0.2) is 0 Å². The third kappa shape index (κ3) is 3.00. The summed E-state index contributed by atoms with van der Waals surface area (Å²) in [6.07, 6.45) is 1.49. The monoisotopic (exact) mass is 375 g/mol. The summed E-state index contributed by atoms with van der Waals surface area (Å²) in [6, 6.07) is 14.9. The van der Waals surface area contributed by atoms with Gasteiger partial charge >= 0.3 is 0 Å². The van der Waals surface area contributed by atoms with Gasteiger partial charge in [0.25, 0.3) is 5.91 Å². The summed E-state index contributed by atoms with van der Waals surface area (Å²) in [5.41, 5.74) is 4.01. The zero-order valence-corrected chi connectivity index (χ0v) is 15.9. The van der Waals surface area contributed by atoms with Gasteiger partial charge in [-0.1, -0.05) is 36.4 Å². The molecule has 1 amide bonds. The highest BCUT2D eigenvalue weighted by Crippen LogP contribution is 2.37. The smallest absolute Gasteiger partial charge is 0.255 e. The second-order valence-electron chi connectivity index (χ2n) is 6.61. The van der Waals surface area contributed by atoms with E-state index < -0.39 is 0 Å². The van der Waals surface area contributed by atoms with Crippen molar-refractivity contribution in [2.75, 3.05) is 17.7 Å². The summed E-state index contributed by atoms with van der Waals surface area (Å²) < 4.78 is 7.10. The van der Waals surface area contributed by atoms with E-state index in [0.717, 1.165) is 16.8 Å². The van der Waals surface area contributed by atoms with Crippen molar-refractivity contribution in [1.29, 1.82) is 0 Å². The average Bonchev–Trinajstić information content (AvgIpc) is 3.16. The fourth-order valence-corrected chi connectivity index (χ4v) is 3.50. The molecule has 0 unspecified atom stereocenters. The number of methoxy groups -OCH3 is 1. The summed E-state index contributed by atoms with van der Waals surface area (Å²) in [4.78, 5) is 17.6. The highest BCUT2D eigenvalue weighted by Gasteiger charge is 2.34. The number of aromatic nitrogens is 3. The molecule has 0 radical (unpaired) electrons. The Bertz CT molecular complexity index is 1070. The molecule has 4 rings (SSSR count). The van der Waals surface area contributed by atoms with Crippen molar-refractivity contribution in [3.63, 3.8) is 0 Å². The number of ether oxygens (including phenoxy) is 1.